The van der Waals surface area contributed by atoms with Crippen LogP contribution < -0.4 is 0 Å². The van der Waals surface area contributed by atoms with Gasteiger partial charge in [0.25, 0.3) is 0 Å². The first-order chi connectivity index (χ1) is 23.5. The van der Waals surface area contributed by atoms with Crippen LogP contribution in [0, 0.1) is 6.92 Å². The van der Waals surface area contributed by atoms with Gasteiger partial charge in [0.05, 0.1) is 0 Å². The van der Waals surface area contributed by atoms with Gasteiger partial charge in [0.1, 0.15) is 0 Å². The Morgan fingerprint density at radius 1 is 0.500 bits per heavy atom. The molecule has 4 aromatic rings. The van der Waals surface area contributed by atoms with E-state index in [1.54, 1.807) is 0 Å². The average Bonchev–Trinajstić information content (AvgIpc) is 3.11. The summed E-state index contributed by atoms with van der Waals surface area (Å²) >= 11 is 0. The number of allylic oxidation sites excluding steroid dienone is 3. The van der Waals surface area contributed by atoms with Crippen molar-refractivity contribution in [2.45, 2.75) is 133 Å². The Balaban J connectivity index is 0.00000111. The highest BCUT2D eigenvalue weighted by molar-refractivity contribution is 5.96. The Kier molecular flexibility index (Phi) is 20.3. The molecular weight excluding hydrogens is 601 g/mol. The third kappa shape index (κ3) is 14.9. The monoisotopic (exact) mass is 673 g/mol. The second-order valence-electron chi connectivity index (χ2n) is 15.2. The fourth-order valence-corrected chi connectivity index (χ4v) is 5.24. The highest BCUT2D eigenvalue weighted by Gasteiger charge is 2.17. The van der Waals surface area contributed by atoms with Gasteiger partial charge in [-0.2, -0.15) is 0 Å². The van der Waals surface area contributed by atoms with E-state index in [9.17, 15) is 0 Å². The van der Waals surface area contributed by atoms with Crippen molar-refractivity contribution in [3.63, 3.8) is 0 Å². The molecule has 0 unspecified atom stereocenters. The lowest BCUT2D eigenvalue weighted by molar-refractivity contribution is 0.589. The molecule has 50 heavy (non-hydrogen) atoms. The lowest BCUT2D eigenvalue weighted by atomic mass is 9.83. The Morgan fingerprint density at radius 2 is 0.820 bits per heavy atom. The summed E-state index contributed by atoms with van der Waals surface area (Å²) in [5.74, 6) is 0. The van der Waals surface area contributed by atoms with E-state index in [-0.39, 0.29) is 16.2 Å². The summed E-state index contributed by atoms with van der Waals surface area (Å²) in [6.07, 6.45) is 4.01. The van der Waals surface area contributed by atoms with E-state index >= 15 is 0 Å². The molecular formula is C50H72. The Morgan fingerprint density at radius 3 is 1.14 bits per heavy atom. The topological polar surface area (TPSA) is 0 Å². The number of hydrogen-bond donors (Lipinski definition) is 0. The predicted octanol–water partition coefficient (Wildman–Crippen LogP) is 15.3. The molecule has 0 amide bonds. The minimum Gasteiger partial charge on any atom is -0.106 e. The summed E-state index contributed by atoms with van der Waals surface area (Å²) < 4.78 is 0. The Labute approximate surface area is 310 Å². The number of aryl methyl sites for hydroxylation is 2. The number of benzene rings is 4. The van der Waals surface area contributed by atoms with Crippen molar-refractivity contribution in [2.75, 3.05) is 0 Å². The molecule has 0 heterocycles. The molecule has 0 saturated heterocycles. The standard InChI is InChI=1S/C32H38.C12H18.2C2H6.C2H4/c1-9-29(25-14-10-23(2)11-15-25)30(26-16-20-28(21-17-26)32(6,7)8)22-24-12-18-27(19-13-24)31(3,4)5;1-5-10-6-8-11(9-7-10)12(2,3)4;3*1-2/h9-21H,1,22H2,2-8H3;6-9H,5H2,1-4H3;2*1-2H3;1-2H2/b30-29-;;;;. The molecule has 0 bridgehead atoms. The van der Waals surface area contributed by atoms with Crippen molar-refractivity contribution in [3.05, 3.63) is 167 Å². The van der Waals surface area contributed by atoms with Gasteiger partial charge in [-0.3, -0.25) is 0 Å². The van der Waals surface area contributed by atoms with E-state index in [0.29, 0.717) is 0 Å². The lowest BCUT2D eigenvalue weighted by Crippen LogP contribution is -2.11. The highest BCUT2D eigenvalue weighted by atomic mass is 14.2. The quantitative estimate of drug-likeness (QED) is 0.109. The fraction of sp³-hybridized carbons (Fsp3) is 0.400. The Hall–Kier alpha value is -3.90. The molecule has 4 aromatic carbocycles. The molecule has 0 saturated carbocycles. The molecule has 272 valence electrons. The van der Waals surface area contributed by atoms with Crippen molar-refractivity contribution >= 4 is 11.1 Å². The van der Waals surface area contributed by atoms with E-state index in [1.807, 2.05) is 33.8 Å². The van der Waals surface area contributed by atoms with Crippen LogP contribution in [0.3, 0.4) is 0 Å². The maximum absolute atomic E-state index is 4.19. The third-order valence-corrected chi connectivity index (χ3v) is 8.42. The minimum atomic E-state index is 0.142. The lowest BCUT2D eigenvalue weighted by Gasteiger charge is -2.21. The van der Waals surface area contributed by atoms with Crippen molar-refractivity contribution in [1.82, 2.24) is 0 Å². The molecule has 0 heteroatoms. The van der Waals surface area contributed by atoms with E-state index in [1.165, 1.54) is 55.7 Å². The van der Waals surface area contributed by atoms with Gasteiger partial charge in [-0.1, -0.05) is 212 Å². The van der Waals surface area contributed by atoms with Gasteiger partial charge in [0, 0.05) is 0 Å². The largest absolute Gasteiger partial charge is 0.106 e. The maximum atomic E-state index is 4.19. The molecule has 0 fully saturated rings. The number of hydrogen-bond acceptors (Lipinski definition) is 0. The van der Waals surface area contributed by atoms with Gasteiger partial charge in [-0.25, -0.2) is 0 Å². The molecule has 0 spiro atoms. The normalized spacial score (nSPS) is 11.4. The van der Waals surface area contributed by atoms with Crippen molar-refractivity contribution in [3.8, 4) is 0 Å². The maximum Gasteiger partial charge on any atom is -0.00137 e. The zero-order valence-electron chi connectivity index (χ0n) is 34.9. The van der Waals surface area contributed by atoms with Crippen molar-refractivity contribution in [1.29, 1.82) is 0 Å². The van der Waals surface area contributed by atoms with Crippen LogP contribution in [0.4, 0.5) is 0 Å². The summed E-state index contributed by atoms with van der Waals surface area (Å²) in [6, 6.07) is 35.9. The third-order valence-electron chi connectivity index (χ3n) is 8.42. The van der Waals surface area contributed by atoms with Crippen LogP contribution in [0.2, 0.25) is 0 Å². The van der Waals surface area contributed by atoms with Crippen LogP contribution >= 0.6 is 0 Å². The Bertz CT molecular complexity index is 1520. The van der Waals surface area contributed by atoms with Gasteiger partial charge in [0.15, 0.2) is 0 Å². The van der Waals surface area contributed by atoms with E-state index in [2.05, 4.69) is 193 Å². The summed E-state index contributed by atoms with van der Waals surface area (Å²) in [4.78, 5) is 0. The zero-order chi connectivity index (χ0) is 38.7. The average molecular weight is 673 g/mol. The first kappa shape index (κ1) is 46.1. The molecule has 0 N–H and O–H groups in total. The molecule has 0 nitrogen and oxygen atoms in total. The summed E-state index contributed by atoms with van der Waals surface area (Å²) in [5, 5.41) is 0. The van der Waals surface area contributed by atoms with Crippen LogP contribution in [0.25, 0.3) is 11.1 Å². The van der Waals surface area contributed by atoms with E-state index in [0.717, 1.165) is 12.8 Å². The van der Waals surface area contributed by atoms with E-state index in [4.69, 9.17) is 0 Å². The van der Waals surface area contributed by atoms with Gasteiger partial charge in [-0.15, -0.1) is 13.2 Å². The van der Waals surface area contributed by atoms with Crippen LogP contribution in [0.5, 0.6) is 0 Å². The van der Waals surface area contributed by atoms with Crippen LogP contribution in [0.15, 0.2) is 123 Å². The predicted molar refractivity (Wildman–Crippen MR) is 231 cm³/mol. The second-order valence-corrected chi connectivity index (χ2v) is 15.2. The van der Waals surface area contributed by atoms with Crippen LogP contribution in [-0.2, 0) is 29.1 Å². The minimum absolute atomic E-state index is 0.142. The molecule has 0 aliphatic carbocycles. The van der Waals surface area contributed by atoms with Crippen molar-refractivity contribution < 1.29 is 0 Å². The first-order valence-electron chi connectivity index (χ1n) is 18.8. The highest BCUT2D eigenvalue weighted by Crippen LogP contribution is 2.33. The zero-order valence-corrected chi connectivity index (χ0v) is 34.9. The van der Waals surface area contributed by atoms with Gasteiger partial charge >= 0.3 is 0 Å². The molecule has 0 aromatic heterocycles. The van der Waals surface area contributed by atoms with Crippen LogP contribution in [-0.4, -0.2) is 0 Å². The fourth-order valence-electron chi connectivity index (χ4n) is 5.24. The van der Waals surface area contributed by atoms with Gasteiger partial charge in [-0.05, 0) is 86.1 Å². The second kappa shape index (κ2) is 22.0. The van der Waals surface area contributed by atoms with Gasteiger partial charge < -0.3 is 0 Å². The van der Waals surface area contributed by atoms with Gasteiger partial charge in [0.2, 0.25) is 0 Å². The smallest absolute Gasteiger partial charge is 0.00137 e. The summed E-state index contributed by atoms with van der Waals surface area (Å²) in [6.45, 7) is 42.8. The molecule has 0 aliphatic heterocycles. The van der Waals surface area contributed by atoms with Crippen LogP contribution in [0.1, 0.15) is 141 Å². The summed E-state index contributed by atoms with van der Waals surface area (Å²) in [7, 11) is 0. The molecule has 0 aliphatic rings. The van der Waals surface area contributed by atoms with E-state index < -0.39 is 0 Å². The molecule has 4 rings (SSSR count). The summed E-state index contributed by atoms with van der Waals surface area (Å²) in [5.41, 5.74) is 13.7. The number of rotatable bonds is 6. The first-order valence-corrected chi connectivity index (χ1v) is 18.8. The molecule has 0 radical (unpaired) electrons. The van der Waals surface area contributed by atoms with Crippen molar-refractivity contribution in [2.24, 2.45) is 0 Å². The molecule has 0 atom stereocenters. The SMILES string of the molecule is C=C.C=C/C(=C(\Cc1ccc(C(C)(C)C)cc1)c1ccc(C(C)(C)C)cc1)c1ccc(C)cc1.CC.CC.CCc1ccc(C(C)(C)C)cc1.